The van der Waals surface area contributed by atoms with Gasteiger partial charge in [-0.1, -0.05) is 0 Å². The van der Waals surface area contributed by atoms with Crippen LogP contribution >= 0.6 is 38.6 Å². The van der Waals surface area contributed by atoms with Crippen molar-refractivity contribution in [2.75, 3.05) is 158 Å². The molecule has 0 aliphatic carbocycles. The Labute approximate surface area is 449 Å². The molecule has 4 aliphatic rings. The fourth-order valence-corrected chi connectivity index (χ4v) is 11.9. The van der Waals surface area contributed by atoms with E-state index in [2.05, 4.69) is 55.4 Å². The number of sulfonamides is 2. The fourth-order valence-electron chi connectivity index (χ4n) is 8.26. The van der Waals surface area contributed by atoms with Gasteiger partial charge in [-0.3, -0.25) is 23.0 Å². The number of nitrogens with zero attached hydrogens (tertiary/aromatic N) is 9. The summed E-state index contributed by atoms with van der Waals surface area (Å²) in [6, 6.07) is 3.38. The summed E-state index contributed by atoms with van der Waals surface area (Å²) in [5.74, 6) is 1.61. The maximum Gasteiger partial charge on any atom is 0.592 e. The molecule has 0 unspecified atom stereocenters. The Morgan fingerprint density at radius 3 is 1.59 bits per heavy atom. The van der Waals surface area contributed by atoms with Crippen molar-refractivity contribution in [3.63, 3.8) is 0 Å². The molecule has 31 heteroatoms. The van der Waals surface area contributed by atoms with E-state index in [9.17, 15) is 25.5 Å². The van der Waals surface area contributed by atoms with E-state index >= 15 is 0 Å². The van der Waals surface area contributed by atoms with Crippen molar-refractivity contribution in [1.29, 1.82) is 0 Å². The molecule has 3 N–H and O–H groups in total. The first-order valence-corrected chi connectivity index (χ1v) is 29.8. The monoisotopic (exact) mass is 1190 g/mol. The van der Waals surface area contributed by atoms with Crippen molar-refractivity contribution in [3.05, 3.63) is 45.3 Å². The predicted molar refractivity (Wildman–Crippen MR) is 286 cm³/mol. The van der Waals surface area contributed by atoms with Gasteiger partial charge in [-0.15, -0.1) is 22.7 Å². The molecule has 0 amide bonds. The fraction of sp³-hybridized carbons (Fsp3) is 0.500. The average Bonchev–Trinajstić information content (AvgIpc) is 3.99. The van der Waals surface area contributed by atoms with E-state index in [0.717, 1.165) is 93.8 Å². The molecule has 10 rings (SSSR count). The summed E-state index contributed by atoms with van der Waals surface area (Å²) in [6.07, 6.45) is 5.41. The molecule has 75 heavy (non-hydrogen) atoms. The van der Waals surface area contributed by atoms with Gasteiger partial charge in [0.05, 0.1) is 110 Å². The summed E-state index contributed by atoms with van der Waals surface area (Å²) in [4.78, 5) is 35.6. The van der Waals surface area contributed by atoms with Gasteiger partial charge in [-0.2, -0.15) is 0 Å². The molecule has 4 aliphatic heterocycles. The molecule has 0 bridgehead atoms. The molecule has 6 aromatic heterocycles. The summed E-state index contributed by atoms with van der Waals surface area (Å²) < 4.78 is 110. The number of nitrogens with one attached hydrogen (secondary N) is 3. The molecular formula is C44H57BBrF3N12O10S4. The number of hydrogen-bond donors (Lipinski definition) is 3. The van der Waals surface area contributed by atoms with Gasteiger partial charge in [0.1, 0.15) is 36.4 Å². The Balaban J connectivity index is 0.000000185. The van der Waals surface area contributed by atoms with Crippen LogP contribution in [0, 0.1) is 0 Å². The van der Waals surface area contributed by atoms with E-state index in [1.54, 1.807) is 35.9 Å². The number of thiophene rings is 2. The van der Waals surface area contributed by atoms with Gasteiger partial charge in [-0.05, 0) is 33.4 Å². The number of ether oxygens (including phenoxy) is 6. The van der Waals surface area contributed by atoms with Gasteiger partial charge in [0.15, 0.2) is 0 Å². The second-order valence-corrected chi connectivity index (χ2v) is 23.4. The SMILES string of the molecule is COc1ncc(-c2nc(N3CCOCC3)nc3c(Br)csc23)cc1NS(C)(=O)=O.COc1ncc(-c2nc(N3CCOCC3)nc3c(CN4CCOCC4)csc23)cc1NS(C)(=O)=O.FB(F)C[NH+]1CCOCC1.[F-]. The van der Waals surface area contributed by atoms with Crippen LogP contribution in [-0.2, 0) is 45.5 Å². The van der Waals surface area contributed by atoms with E-state index in [-0.39, 0.29) is 34.3 Å². The zero-order chi connectivity index (χ0) is 52.4. The predicted octanol–water partition coefficient (Wildman–Crippen LogP) is 0.407. The van der Waals surface area contributed by atoms with Gasteiger partial charge < -0.3 is 47.8 Å². The lowest BCUT2D eigenvalue weighted by Gasteiger charge is -2.28. The van der Waals surface area contributed by atoms with Crippen molar-refractivity contribution >= 4 is 110 Å². The summed E-state index contributed by atoms with van der Waals surface area (Å²) in [5, 5.41) is 4.09. The Bertz CT molecular complexity index is 3100. The van der Waals surface area contributed by atoms with Gasteiger partial charge in [0, 0.05) is 80.3 Å². The summed E-state index contributed by atoms with van der Waals surface area (Å²) in [5.41, 5.74) is 6.09. The summed E-state index contributed by atoms with van der Waals surface area (Å²) >= 11 is 6.65. The highest BCUT2D eigenvalue weighted by atomic mass is 79.9. The van der Waals surface area contributed by atoms with E-state index in [1.807, 2.05) is 5.38 Å². The summed E-state index contributed by atoms with van der Waals surface area (Å²) in [7, 11) is -6.32. The van der Waals surface area contributed by atoms with Crippen LogP contribution < -0.4 is 38.3 Å². The Morgan fingerprint density at radius 2 is 1.12 bits per heavy atom. The van der Waals surface area contributed by atoms with Crippen LogP contribution in [0.3, 0.4) is 0 Å². The molecule has 4 fully saturated rings. The van der Waals surface area contributed by atoms with Gasteiger partial charge in [0.25, 0.3) is 0 Å². The van der Waals surface area contributed by atoms with Crippen LogP contribution in [0.15, 0.2) is 39.8 Å². The van der Waals surface area contributed by atoms with Gasteiger partial charge >= 0.3 is 7.27 Å². The van der Waals surface area contributed by atoms with E-state index < -0.39 is 27.3 Å². The van der Waals surface area contributed by atoms with Crippen molar-refractivity contribution in [3.8, 4) is 34.3 Å². The molecule has 6 aromatic rings. The lowest BCUT2D eigenvalue weighted by atomic mass is 9.98. The summed E-state index contributed by atoms with van der Waals surface area (Å²) in [6.45, 7) is 12.0. The first-order chi connectivity index (χ1) is 35.6. The van der Waals surface area contributed by atoms with Crippen LogP contribution in [0.2, 0.25) is 0 Å². The largest absolute Gasteiger partial charge is 1.00 e. The number of halogens is 4. The van der Waals surface area contributed by atoms with E-state index in [0.29, 0.717) is 100 Å². The van der Waals surface area contributed by atoms with Gasteiger partial charge in [-0.25, -0.2) is 46.7 Å². The lowest BCUT2D eigenvalue weighted by molar-refractivity contribution is -0.898. The first kappa shape index (κ1) is 57.9. The molecule has 0 saturated carbocycles. The van der Waals surface area contributed by atoms with Crippen LogP contribution in [0.5, 0.6) is 11.8 Å². The van der Waals surface area contributed by atoms with Crippen LogP contribution in [0.1, 0.15) is 5.56 Å². The van der Waals surface area contributed by atoms with E-state index in [4.69, 9.17) is 48.4 Å². The minimum atomic E-state index is -3.53. The van der Waals surface area contributed by atoms with Crippen molar-refractivity contribution in [1.82, 2.24) is 34.8 Å². The molecular weight excluding hydrogens is 1130 g/mol. The second kappa shape index (κ2) is 26.5. The number of quaternary nitrogens is 1. The molecule has 4 saturated heterocycles. The Kier molecular flexibility index (Phi) is 20.4. The highest BCUT2D eigenvalue weighted by molar-refractivity contribution is 9.10. The quantitative estimate of drug-likeness (QED) is 0.125. The average molecular weight is 1190 g/mol. The van der Waals surface area contributed by atoms with Crippen LogP contribution in [-0.4, -0.2) is 197 Å². The second-order valence-electron chi connectivity index (χ2n) is 17.3. The maximum atomic E-state index is 11.9. The molecule has 408 valence electrons. The normalized spacial score (nSPS) is 16.8. The number of anilines is 4. The highest BCUT2D eigenvalue weighted by Gasteiger charge is 2.26. The zero-order valence-corrected chi connectivity index (χ0v) is 46.4. The Morgan fingerprint density at radius 1 is 0.680 bits per heavy atom. The molecule has 10 heterocycles. The smallest absolute Gasteiger partial charge is 0.592 e. The minimum Gasteiger partial charge on any atom is -1.00 e. The van der Waals surface area contributed by atoms with Crippen LogP contribution in [0.4, 0.5) is 31.9 Å². The topological polar surface area (TPSA) is 239 Å². The molecule has 0 radical (unpaired) electrons. The molecule has 0 spiro atoms. The number of rotatable bonds is 14. The maximum absolute atomic E-state index is 11.9. The highest BCUT2D eigenvalue weighted by Crippen LogP contribution is 2.40. The number of pyridine rings is 2. The third kappa shape index (κ3) is 15.7. The number of aromatic nitrogens is 6. The number of morpholine rings is 4. The third-order valence-electron chi connectivity index (χ3n) is 11.8. The van der Waals surface area contributed by atoms with Crippen molar-refractivity contribution in [2.45, 2.75) is 6.54 Å². The molecule has 22 nitrogen and oxygen atoms in total. The minimum absolute atomic E-state index is 0. The standard InChI is InChI=1S/C22H28N6O5S2.C17H18BrN5O4S2.C5H10BF2NO.FH/c1-31-21-17(26-35(2,29)30)11-15(12-23-21)18-20-19(25-22(24-18)28-5-9-33-10-6-28)16(14-34-20)13-27-3-7-32-8-4-27;1-26-16-12(22-29(2,24)25)7-10(8-19-16)13-15-14(11(18)9-28-15)21-17(20-13)23-3-5-27-6-4-23;7-6(8)5-9-1-3-10-4-2-9;/h11-12,14,26H,3-10,13H2,1-2H3;7-9,22H,3-6H2,1-2H3;1-5H2;1H. The molecule has 0 atom stereocenters. The van der Waals surface area contributed by atoms with Crippen molar-refractivity contribution < 1.29 is 63.5 Å². The first-order valence-electron chi connectivity index (χ1n) is 23.5. The van der Waals surface area contributed by atoms with Crippen molar-refractivity contribution in [2.24, 2.45) is 0 Å². The lowest BCUT2D eigenvalue weighted by Crippen LogP contribution is -3.15. The number of methoxy groups -OCH3 is 2. The van der Waals surface area contributed by atoms with Crippen LogP contribution in [0.25, 0.3) is 42.9 Å². The number of fused-ring (bicyclic) bond motifs is 2. The zero-order valence-electron chi connectivity index (χ0n) is 41.5. The van der Waals surface area contributed by atoms with E-state index in [1.165, 1.54) is 25.6 Å². The number of hydrogen-bond acceptors (Lipinski definition) is 21. The molecule has 0 aromatic carbocycles. The third-order valence-corrected chi connectivity index (χ3v) is 15.9. The van der Waals surface area contributed by atoms with Gasteiger partial charge in [0.2, 0.25) is 43.7 Å². The Hall–Kier alpha value is -4.83.